The van der Waals surface area contributed by atoms with Crippen LogP contribution in [0.25, 0.3) is 0 Å². The summed E-state index contributed by atoms with van der Waals surface area (Å²) in [6, 6.07) is 12.4. The molecule has 168 valence electrons. The van der Waals surface area contributed by atoms with Crippen LogP contribution >= 0.6 is 11.6 Å². The number of ether oxygens (including phenoxy) is 1. The maximum absolute atomic E-state index is 14.5. The number of carbonyl (C=O) groups is 1. The number of nitrogens with two attached hydrogens (primary N) is 1. The third kappa shape index (κ3) is 6.42. The highest BCUT2D eigenvalue weighted by molar-refractivity contribution is 6.30. The van der Waals surface area contributed by atoms with E-state index in [1.807, 2.05) is 25.1 Å². The van der Waals surface area contributed by atoms with Crippen LogP contribution < -0.4 is 10.6 Å². The second kappa shape index (κ2) is 10.9. The second-order valence-corrected chi connectivity index (χ2v) is 8.68. The van der Waals surface area contributed by atoms with Gasteiger partial charge < -0.3 is 20.3 Å². The summed E-state index contributed by atoms with van der Waals surface area (Å²) in [7, 11) is 1.37. The summed E-state index contributed by atoms with van der Waals surface area (Å²) in [6.45, 7) is 5.32. The van der Waals surface area contributed by atoms with Crippen LogP contribution in [-0.4, -0.2) is 49.7 Å². The lowest BCUT2D eigenvalue weighted by atomic mass is 10.00. The molecule has 1 fully saturated rings. The fourth-order valence-electron chi connectivity index (χ4n) is 4.05. The third-order valence-corrected chi connectivity index (χ3v) is 6.08. The molecule has 1 aliphatic rings. The predicted molar refractivity (Wildman–Crippen MR) is 123 cm³/mol. The molecule has 7 heteroatoms. The fourth-order valence-corrected chi connectivity index (χ4v) is 4.24. The molecule has 0 saturated carbocycles. The Morgan fingerprint density at radius 3 is 2.71 bits per heavy atom. The van der Waals surface area contributed by atoms with Crippen molar-refractivity contribution in [2.45, 2.75) is 44.8 Å². The highest BCUT2D eigenvalue weighted by Crippen LogP contribution is 2.28. The first-order valence-corrected chi connectivity index (χ1v) is 11.1. The van der Waals surface area contributed by atoms with Gasteiger partial charge in [-0.05, 0) is 69.1 Å². The number of halogens is 2. The first kappa shape index (κ1) is 23.5. The number of likely N-dealkylation sites (tertiary alicyclic amines) is 1. The van der Waals surface area contributed by atoms with Crippen LogP contribution in [0.1, 0.15) is 42.1 Å². The van der Waals surface area contributed by atoms with Gasteiger partial charge in [-0.2, -0.15) is 0 Å². The molecular weight excluding hydrogens is 417 g/mol. The second-order valence-electron chi connectivity index (χ2n) is 8.24. The Labute approximate surface area is 188 Å². The van der Waals surface area contributed by atoms with Crippen molar-refractivity contribution in [2.75, 3.05) is 31.6 Å². The lowest BCUT2D eigenvalue weighted by Crippen LogP contribution is -2.45. The van der Waals surface area contributed by atoms with E-state index in [1.54, 1.807) is 18.2 Å². The molecule has 3 rings (SSSR count). The Hall–Kier alpha value is -2.15. The van der Waals surface area contributed by atoms with Crippen LogP contribution in [0.5, 0.6) is 0 Å². The van der Waals surface area contributed by atoms with Gasteiger partial charge in [0.25, 0.3) is 0 Å². The average Bonchev–Trinajstić information content (AvgIpc) is 2.78. The van der Waals surface area contributed by atoms with E-state index in [0.29, 0.717) is 22.7 Å². The molecule has 1 unspecified atom stereocenters. The molecule has 1 heterocycles. The number of benzene rings is 2. The van der Waals surface area contributed by atoms with Gasteiger partial charge in [0.05, 0.1) is 12.7 Å². The monoisotopic (exact) mass is 447 g/mol. The summed E-state index contributed by atoms with van der Waals surface area (Å²) in [5.41, 5.74) is 7.79. The van der Waals surface area contributed by atoms with Gasteiger partial charge in [0.2, 0.25) is 0 Å². The lowest BCUT2D eigenvalue weighted by molar-refractivity contribution is 0.0600. The summed E-state index contributed by atoms with van der Waals surface area (Å²) in [5, 5.41) is 0.505. The first-order valence-electron chi connectivity index (χ1n) is 10.7. The maximum atomic E-state index is 14.5. The van der Waals surface area contributed by atoms with E-state index in [2.05, 4.69) is 9.80 Å². The van der Waals surface area contributed by atoms with Gasteiger partial charge in [-0.1, -0.05) is 17.7 Å². The number of nitrogens with zero attached hydrogens (tertiary/aromatic N) is 2. The molecule has 0 aromatic heterocycles. The summed E-state index contributed by atoms with van der Waals surface area (Å²) < 4.78 is 19.4. The Kier molecular flexibility index (Phi) is 8.29. The fraction of sp³-hybridized carbons (Fsp3) is 0.458. The summed E-state index contributed by atoms with van der Waals surface area (Å²) in [4.78, 5) is 16.7. The molecule has 0 aliphatic carbocycles. The standard InChI is InChI=1S/C24H31ClFN3O2/c1-17(27)8-11-28-12-9-21(10-13-28)29(16-19-14-20(25)6-7-23(19)26)22-5-3-4-18(15-22)24(30)31-2/h3-7,14-15,17,21H,8-13,16,27H2,1-2H3. The molecule has 1 aliphatic heterocycles. The molecule has 1 atom stereocenters. The molecule has 5 nitrogen and oxygen atoms in total. The smallest absolute Gasteiger partial charge is 0.337 e. The minimum absolute atomic E-state index is 0.195. The van der Waals surface area contributed by atoms with Gasteiger partial charge in [0.1, 0.15) is 5.82 Å². The molecule has 31 heavy (non-hydrogen) atoms. The third-order valence-electron chi connectivity index (χ3n) is 5.85. The number of piperidine rings is 1. The molecule has 0 spiro atoms. The minimum atomic E-state index is -0.388. The largest absolute Gasteiger partial charge is 0.465 e. The maximum Gasteiger partial charge on any atom is 0.337 e. The quantitative estimate of drug-likeness (QED) is 0.605. The summed E-state index contributed by atoms with van der Waals surface area (Å²) in [6.07, 6.45) is 2.87. The Morgan fingerprint density at radius 2 is 2.03 bits per heavy atom. The number of rotatable bonds is 8. The van der Waals surface area contributed by atoms with Gasteiger partial charge >= 0.3 is 5.97 Å². The summed E-state index contributed by atoms with van der Waals surface area (Å²) >= 11 is 6.13. The molecule has 2 aromatic rings. The van der Waals surface area contributed by atoms with E-state index < -0.39 is 0 Å². The van der Waals surface area contributed by atoms with Crippen molar-refractivity contribution in [1.29, 1.82) is 0 Å². The molecule has 2 N–H and O–H groups in total. The van der Waals surface area contributed by atoms with Crippen LogP contribution in [0, 0.1) is 5.82 Å². The van der Waals surface area contributed by atoms with Crippen molar-refractivity contribution in [2.24, 2.45) is 5.73 Å². The van der Waals surface area contributed by atoms with Gasteiger partial charge in [-0.15, -0.1) is 0 Å². The Bertz CT molecular complexity index is 885. The van der Waals surface area contributed by atoms with Crippen LogP contribution in [0.3, 0.4) is 0 Å². The average molecular weight is 448 g/mol. The predicted octanol–water partition coefficient (Wildman–Crippen LogP) is 4.47. The number of carbonyl (C=O) groups excluding carboxylic acids is 1. The van der Waals surface area contributed by atoms with E-state index in [4.69, 9.17) is 22.1 Å². The van der Waals surface area contributed by atoms with Crippen molar-refractivity contribution in [3.05, 3.63) is 64.4 Å². The zero-order chi connectivity index (χ0) is 22.4. The number of anilines is 1. The van der Waals surface area contributed by atoms with E-state index in [1.165, 1.54) is 13.2 Å². The molecule has 0 radical (unpaired) electrons. The summed E-state index contributed by atoms with van der Waals surface area (Å²) in [5.74, 6) is -0.672. The van der Waals surface area contributed by atoms with Crippen LogP contribution in [-0.2, 0) is 11.3 Å². The van der Waals surface area contributed by atoms with Crippen molar-refractivity contribution < 1.29 is 13.9 Å². The number of hydrogen-bond acceptors (Lipinski definition) is 5. The SMILES string of the molecule is COC(=O)c1cccc(N(Cc2cc(Cl)ccc2F)C2CCN(CCC(C)N)CC2)c1. The van der Waals surface area contributed by atoms with Crippen LogP contribution in [0.2, 0.25) is 5.02 Å². The van der Waals surface area contributed by atoms with Crippen LogP contribution in [0.4, 0.5) is 10.1 Å². The van der Waals surface area contributed by atoms with Crippen molar-refractivity contribution in [3.8, 4) is 0 Å². The van der Waals surface area contributed by atoms with Crippen LogP contribution in [0.15, 0.2) is 42.5 Å². The highest BCUT2D eigenvalue weighted by Gasteiger charge is 2.26. The number of hydrogen-bond donors (Lipinski definition) is 1. The van der Waals surface area contributed by atoms with Crippen molar-refractivity contribution in [3.63, 3.8) is 0 Å². The topological polar surface area (TPSA) is 58.8 Å². The zero-order valence-corrected chi connectivity index (χ0v) is 18.9. The molecule has 0 bridgehead atoms. The van der Waals surface area contributed by atoms with Gasteiger partial charge in [0.15, 0.2) is 0 Å². The molecule has 2 aromatic carbocycles. The lowest BCUT2D eigenvalue weighted by Gasteiger charge is -2.40. The van der Waals surface area contributed by atoms with Gasteiger partial charge in [0, 0.05) is 48.0 Å². The van der Waals surface area contributed by atoms with Crippen molar-refractivity contribution >= 4 is 23.3 Å². The van der Waals surface area contributed by atoms with Crippen molar-refractivity contribution in [1.82, 2.24) is 4.90 Å². The van der Waals surface area contributed by atoms with E-state index >= 15 is 0 Å². The van der Waals surface area contributed by atoms with Gasteiger partial charge in [-0.3, -0.25) is 0 Å². The van der Waals surface area contributed by atoms with Gasteiger partial charge in [-0.25, -0.2) is 9.18 Å². The van der Waals surface area contributed by atoms with E-state index in [9.17, 15) is 9.18 Å². The molecular formula is C24H31ClFN3O2. The Balaban J connectivity index is 1.83. The Morgan fingerprint density at radius 1 is 1.29 bits per heavy atom. The van der Waals surface area contributed by atoms with E-state index in [-0.39, 0.29) is 23.9 Å². The number of methoxy groups -OCH3 is 1. The highest BCUT2D eigenvalue weighted by atomic mass is 35.5. The molecule has 1 saturated heterocycles. The molecule has 0 amide bonds. The minimum Gasteiger partial charge on any atom is -0.465 e. The first-order chi connectivity index (χ1) is 14.9. The number of esters is 1. The zero-order valence-electron chi connectivity index (χ0n) is 18.2. The normalized spacial score (nSPS) is 16.2. The van der Waals surface area contributed by atoms with E-state index in [0.717, 1.165) is 44.6 Å².